The fraction of sp³-hybridized carbons (Fsp3) is 0.455. The summed E-state index contributed by atoms with van der Waals surface area (Å²) in [5, 5.41) is 0. The summed E-state index contributed by atoms with van der Waals surface area (Å²) in [5.41, 5.74) is 7.04. The molecule has 1 rings (SSSR count). The van der Waals surface area contributed by atoms with Gasteiger partial charge >= 0.3 is 0 Å². The number of hydrogen-bond donors (Lipinski definition) is 1. The van der Waals surface area contributed by atoms with E-state index in [1.807, 2.05) is 6.92 Å². The van der Waals surface area contributed by atoms with E-state index < -0.39 is 23.0 Å². The first kappa shape index (κ1) is 15.0. The molecule has 7 heteroatoms. The summed E-state index contributed by atoms with van der Waals surface area (Å²) in [4.78, 5) is -0.0169. The van der Waals surface area contributed by atoms with Crippen molar-refractivity contribution < 1.29 is 17.2 Å². The van der Waals surface area contributed by atoms with Crippen LogP contribution >= 0.6 is 0 Å². The number of halogens is 2. The van der Waals surface area contributed by atoms with Gasteiger partial charge in [0.1, 0.15) is 0 Å². The summed E-state index contributed by atoms with van der Waals surface area (Å²) in [6.45, 7) is 1.18. The third kappa shape index (κ3) is 3.24. The molecule has 102 valence electrons. The van der Waals surface area contributed by atoms with Crippen molar-refractivity contribution in [3.8, 4) is 0 Å². The molecule has 0 unspecified atom stereocenters. The van der Waals surface area contributed by atoms with Crippen molar-refractivity contribution in [3.63, 3.8) is 0 Å². The van der Waals surface area contributed by atoms with Crippen LogP contribution in [0.15, 0.2) is 23.1 Å². The number of nitrogens with zero attached hydrogens (tertiary/aromatic N) is 1. The normalized spacial score (nSPS) is 12.4. The Balaban J connectivity index is 3.12. The molecule has 0 saturated heterocycles. The van der Waals surface area contributed by atoms with Gasteiger partial charge in [-0.15, -0.1) is 0 Å². The topological polar surface area (TPSA) is 63.4 Å². The third-order valence-corrected chi connectivity index (χ3v) is 4.46. The Hall–Kier alpha value is -1.05. The zero-order valence-electron chi connectivity index (χ0n) is 10.2. The molecular weight excluding hydrogens is 262 g/mol. The molecule has 0 bridgehead atoms. The molecule has 1 aromatic carbocycles. The van der Waals surface area contributed by atoms with Gasteiger partial charge in [-0.2, -0.15) is 4.31 Å². The lowest BCUT2D eigenvalue weighted by Crippen LogP contribution is -2.31. The molecule has 4 nitrogen and oxygen atoms in total. The monoisotopic (exact) mass is 278 g/mol. The molecule has 0 spiro atoms. The summed E-state index contributed by atoms with van der Waals surface area (Å²) in [6.07, 6.45) is -2.70. The maximum Gasteiger partial charge on any atom is 0.252 e. The van der Waals surface area contributed by atoms with Gasteiger partial charge in [0.2, 0.25) is 10.0 Å². The lowest BCUT2D eigenvalue weighted by atomic mass is 10.1. The molecule has 0 aliphatic heterocycles. The first-order valence-corrected chi connectivity index (χ1v) is 6.77. The number of benzene rings is 1. The van der Waals surface area contributed by atoms with Crippen molar-refractivity contribution in [1.82, 2.24) is 4.31 Å². The van der Waals surface area contributed by atoms with Gasteiger partial charge < -0.3 is 5.73 Å². The van der Waals surface area contributed by atoms with Crippen LogP contribution in [-0.4, -0.2) is 32.7 Å². The van der Waals surface area contributed by atoms with Crippen molar-refractivity contribution in [1.29, 1.82) is 0 Å². The van der Waals surface area contributed by atoms with Crippen LogP contribution in [0.2, 0.25) is 0 Å². The van der Waals surface area contributed by atoms with E-state index in [1.54, 1.807) is 6.07 Å². The largest absolute Gasteiger partial charge is 0.326 e. The van der Waals surface area contributed by atoms with Gasteiger partial charge in [-0.1, -0.05) is 6.07 Å². The van der Waals surface area contributed by atoms with Crippen LogP contribution in [-0.2, 0) is 16.6 Å². The van der Waals surface area contributed by atoms with Crippen LogP contribution in [0.3, 0.4) is 0 Å². The minimum atomic E-state index is -3.89. The average molecular weight is 278 g/mol. The molecule has 0 fully saturated rings. The summed E-state index contributed by atoms with van der Waals surface area (Å²) >= 11 is 0. The Bertz CT molecular complexity index is 518. The third-order valence-electron chi connectivity index (χ3n) is 2.64. The molecule has 0 saturated carbocycles. The molecule has 18 heavy (non-hydrogen) atoms. The quantitative estimate of drug-likeness (QED) is 0.884. The first-order chi connectivity index (χ1) is 8.28. The highest BCUT2D eigenvalue weighted by Crippen LogP contribution is 2.19. The molecule has 0 aliphatic rings. The predicted molar refractivity (Wildman–Crippen MR) is 64.9 cm³/mol. The Morgan fingerprint density at radius 3 is 2.50 bits per heavy atom. The van der Waals surface area contributed by atoms with E-state index in [1.165, 1.54) is 12.1 Å². The van der Waals surface area contributed by atoms with Gasteiger partial charge in [-0.3, -0.25) is 0 Å². The molecule has 1 aromatic rings. The fourth-order valence-corrected chi connectivity index (χ4v) is 2.70. The Morgan fingerprint density at radius 2 is 2.00 bits per heavy atom. The van der Waals surface area contributed by atoms with Crippen molar-refractivity contribution in [2.24, 2.45) is 5.73 Å². The predicted octanol–water partition coefficient (Wildman–Crippen LogP) is 1.34. The highest BCUT2D eigenvalue weighted by molar-refractivity contribution is 7.89. The highest BCUT2D eigenvalue weighted by Gasteiger charge is 2.23. The van der Waals surface area contributed by atoms with Crippen LogP contribution in [0.4, 0.5) is 8.78 Å². The number of alkyl halides is 2. The van der Waals surface area contributed by atoms with Gasteiger partial charge in [0.15, 0.2) is 0 Å². The molecule has 0 amide bonds. The summed E-state index contributed by atoms with van der Waals surface area (Å²) in [6, 6.07) is 4.43. The molecule has 2 N–H and O–H groups in total. The van der Waals surface area contributed by atoms with Crippen LogP contribution in [0.1, 0.15) is 11.1 Å². The van der Waals surface area contributed by atoms with Crippen LogP contribution in [0, 0.1) is 6.92 Å². The van der Waals surface area contributed by atoms with Crippen molar-refractivity contribution in [2.75, 3.05) is 13.6 Å². The maximum atomic E-state index is 12.2. The SMILES string of the molecule is Cc1ccc(S(=O)(=O)N(C)CC(F)F)cc1CN. The van der Waals surface area contributed by atoms with Crippen molar-refractivity contribution in [3.05, 3.63) is 29.3 Å². The number of nitrogens with two attached hydrogens (primary N) is 1. The van der Waals surface area contributed by atoms with Crippen molar-refractivity contribution >= 4 is 10.0 Å². The van der Waals surface area contributed by atoms with Crippen molar-refractivity contribution in [2.45, 2.75) is 24.8 Å². The van der Waals surface area contributed by atoms with E-state index in [-0.39, 0.29) is 11.4 Å². The highest BCUT2D eigenvalue weighted by atomic mass is 32.2. The fourth-order valence-electron chi connectivity index (χ4n) is 1.50. The second-order valence-electron chi connectivity index (χ2n) is 3.97. The lowest BCUT2D eigenvalue weighted by Gasteiger charge is -2.17. The van der Waals surface area contributed by atoms with Gasteiger partial charge in [0.25, 0.3) is 6.43 Å². The van der Waals surface area contributed by atoms with Gasteiger partial charge in [-0.25, -0.2) is 17.2 Å². The summed E-state index contributed by atoms with van der Waals surface area (Å²) in [7, 11) is -2.76. The van der Waals surface area contributed by atoms with Crippen LogP contribution in [0.5, 0.6) is 0 Å². The summed E-state index contributed by atoms with van der Waals surface area (Å²) in [5.74, 6) is 0. The molecule has 0 heterocycles. The smallest absolute Gasteiger partial charge is 0.252 e. The summed E-state index contributed by atoms with van der Waals surface area (Å²) < 4.78 is 49.1. The molecule has 0 aromatic heterocycles. The zero-order chi connectivity index (χ0) is 13.9. The standard InChI is InChI=1S/C11H16F2N2O2S/c1-8-3-4-10(5-9(8)6-14)18(16,17)15(2)7-11(12)13/h3-5,11H,6-7,14H2,1-2H3. The maximum absolute atomic E-state index is 12.2. The van der Waals surface area contributed by atoms with Gasteiger partial charge in [0, 0.05) is 13.6 Å². The van der Waals surface area contributed by atoms with Gasteiger partial charge in [-0.05, 0) is 30.2 Å². The van der Waals surface area contributed by atoms with E-state index in [0.29, 0.717) is 9.87 Å². The Labute approximate surface area is 105 Å². The minimum absolute atomic E-state index is 0.0169. The second kappa shape index (κ2) is 5.73. The van der Waals surface area contributed by atoms with E-state index >= 15 is 0 Å². The van der Waals surface area contributed by atoms with E-state index in [2.05, 4.69) is 0 Å². The van der Waals surface area contributed by atoms with Crippen LogP contribution in [0.25, 0.3) is 0 Å². The number of hydrogen-bond acceptors (Lipinski definition) is 3. The molecule has 0 atom stereocenters. The van der Waals surface area contributed by atoms with E-state index in [0.717, 1.165) is 12.6 Å². The van der Waals surface area contributed by atoms with Crippen LogP contribution < -0.4 is 5.73 Å². The number of sulfonamides is 1. The minimum Gasteiger partial charge on any atom is -0.326 e. The lowest BCUT2D eigenvalue weighted by molar-refractivity contribution is 0.126. The van der Waals surface area contributed by atoms with E-state index in [9.17, 15) is 17.2 Å². The number of aryl methyl sites for hydroxylation is 1. The average Bonchev–Trinajstić information content (AvgIpc) is 2.28. The molecular formula is C11H16F2N2O2S. The number of rotatable bonds is 5. The Kier molecular flexibility index (Phi) is 4.78. The molecule has 0 aliphatic carbocycles. The first-order valence-electron chi connectivity index (χ1n) is 5.33. The second-order valence-corrected chi connectivity index (χ2v) is 6.01. The van der Waals surface area contributed by atoms with E-state index in [4.69, 9.17) is 5.73 Å². The van der Waals surface area contributed by atoms with Gasteiger partial charge in [0.05, 0.1) is 11.4 Å². The zero-order valence-corrected chi connectivity index (χ0v) is 11.0. The Morgan fingerprint density at radius 1 is 1.39 bits per heavy atom. The molecule has 0 radical (unpaired) electrons.